The third-order valence-electron chi connectivity index (χ3n) is 3.31. The first-order chi connectivity index (χ1) is 7.86. The van der Waals surface area contributed by atoms with Crippen LogP contribution in [0.15, 0.2) is 30.3 Å². The van der Waals surface area contributed by atoms with Gasteiger partial charge in [0.25, 0.3) is 0 Å². The molecule has 16 heavy (non-hydrogen) atoms. The summed E-state index contributed by atoms with van der Waals surface area (Å²) in [5, 5.41) is 0.669. The zero-order valence-corrected chi connectivity index (χ0v) is 10.6. The van der Waals surface area contributed by atoms with Crippen LogP contribution in [0.5, 0.6) is 0 Å². The van der Waals surface area contributed by atoms with E-state index in [1.165, 1.54) is 37.7 Å². The van der Waals surface area contributed by atoms with Crippen LogP contribution in [0.1, 0.15) is 37.7 Å². The fourth-order valence-electron chi connectivity index (χ4n) is 2.29. The summed E-state index contributed by atoms with van der Waals surface area (Å²) in [5.41, 5.74) is 7.64. The molecular formula is C14H21NS. The third kappa shape index (κ3) is 3.53. The molecule has 2 N–H and O–H groups in total. The molecule has 0 radical (unpaired) electrons. The Balaban J connectivity index is 1.84. The van der Waals surface area contributed by atoms with E-state index < -0.39 is 0 Å². The van der Waals surface area contributed by atoms with Crippen LogP contribution in [0.2, 0.25) is 0 Å². The van der Waals surface area contributed by atoms with Gasteiger partial charge >= 0.3 is 0 Å². The SMILES string of the molecule is NC1CCCCCC1SCc1ccccc1. The largest absolute Gasteiger partial charge is 0.327 e. The highest BCUT2D eigenvalue weighted by Crippen LogP contribution is 2.28. The minimum Gasteiger partial charge on any atom is -0.327 e. The van der Waals surface area contributed by atoms with Gasteiger partial charge in [0.2, 0.25) is 0 Å². The second kappa shape index (κ2) is 6.31. The topological polar surface area (TPSA) is 26.0 Å². The Kier molecular flexibility index (Phi) is 4.73. The van der Waals surface area contributed by atoms with Crippen LogP contribution < -0.4 is 5.73 Å². The second-order valence-electron chi connectivity index (χ2n) is 4.64. The number of nitrogens with two attached hydrogens (primary N) is 1. The van der Waals surface area contributed by atoms with E-state index in [0.29, 0.717) is 11.3 Å². The van der Waals surface area contributed by atoms with Crippen molar-refractivity contribution in [2.45, 2.75) is 49.1 Å². The monoisotopic (exact) mass is 235 g/mol. The second-order valence-corrected chi connectivity index (χ2v) is 5.86. The van der Waals surface area contributed by atoms with E-state index in [2.05, 4.69) is 30.3 Å². The van der Waals surface area contributed by atoms with E-state index in [4.69, 9.17) is 5.73 Å². The van der Waals surface area contributed by atoms with E-state index >= 15 is 0 Å². The predicted octanol–water partition coefficient (Wildman–Crippen LogP) is 3.58. The van der Waals surface area contributed by atoms with E-state index in [1.54, 1.807) is 0 Å². The van der Waals surface area contributed by atoms with Crippen molar-refractivity contribution in [1.29, 1.82) is 0 Å². The van der Waals surface area contributed by atoms with Gasteiger partial charge in [0.1, 0.15) is 0 Å². The highest BCUT2D eigenvalue weighted by atomic mass is 32.2. The van der Waals surface area contributed by atoms with Gasteiger partial charge in [-0.2, -0.15) is 11.8 Å². The Hall–Kier alpha value is -0.470. The lowest BCUT2D eigenvalue weighted by Crippen LogP contribution is -2.31. The summed E-state index contributed by atoms with van der Waals surface area (Å²) >= 11 is 2.05. The Morgan fingerprint density at radius 1 is 1.06 bits per heavy atom. The Morgan fingerprint density at radius 2 is 1.81 bits per heavy atom. The number of hydrogen-bond acceptors (Lipinski definition) is 2. The van der Waals surface area contributed by atoms with Crippen molar-refractivity contribution < 1.29 is 0 Å². The molecule has 1 aromatic carbocycles. The van der Waals surface area contributed by atoms with Gasteiger partial charge in [0.15, 0.2) is 0 Å². The van der Waals surface area contributed by atoms with Gasteiger partial charge in [0.05, 0.1) is 0 Å². The molecule has 0 aliphatic heterocycles. The van der Waals surface area contributed by atoms with Gasteiger partial charge in [-0.3, -0.25) is 0 Å². The van der Waals surface area contributed by atoms with E-state index in [-0.39, 0.29) is 0 Å². The molecule has 2 rings (SSSR count). The van der Waals surface area contributed by atoms with Crippen LogP contribution in [0.3, 0.4) is 0 Å². The predicted molar refractivity (Wildman–Crippen MR) is 72.6 cm³/mol. The lowest BCUT2D eigenvalue weighted by atomic mass is 10.1. The fourth-order valence-corrected chi connectivity index (χ4v) is 3.60. The van der Waals surface area contributed by atoms with Gasteiger partial charge < -0.3 is 5.73 Å². The normalized spacial score (nSPS) is 26.3. The first-order valence-electron chi connectivity index (χ1n) is 6.27. The lowest BCUT2D eigenvalue weighted by Gasteiger charge is -2.20. The summed E-state index contributed by atoms with van der Waals surface area (Å²) in [7, 11) is 0. The van der Waals surface area contributed by atoms with Crippen molar-refractivity contribution in [3.05, 3.63) is 35.9 Å². The first-order valence-corrected chi connectivity index (χ1v) is 7.32. The molecule has 0 amide bonds. The van der Waals surface area contributed by atoms with Crippen LogP contribution in [-0.2, 0) is 5.75 Å². The standard InChI is InChI=1S/C14H21NS/c15-13-9-5-2-6-10-14(13)16-11-12-7-3-1-4-8-12/h1,3-4,7-8,13-14H,2,5-6,9-11,15H2. The van der Waals surface area contributed by atoms with Gasteiger partial charge in [-0.1, -0.05) is 49.6 Å². The van der Waals surface area contributed by atoms with E-state index in [1.807, 2.05) is 11.8 Å². The highest BCUT2D eigenvalue weighted by Gasteiger charge is 2.20. The average Bonchev–Trinajstić information content (AvgIpc) is 2.53. The maximum atomic E-state index is 6.22. The zero-order chi connectivity index (χ0) is 11.2. The molecule has 88 valence electrons. The average molecular weight is 235 g/mol. The minimum absolute atomic E-state index is 0.413. The molecule has 1 saturated carbocycles. The molecule has 1 aliphatic carbocycles. The summed E-state index contributed by atoms with van der Waals surface area (Å²) in [6, 6.07) is 11.1. The third-order valence-corrected chi connectivity index (χ3v) is 4.82. The summed E-state index contributed by atoms with van der Waals surface area (Å²) < 4.78 is 0. The molecule has 1 aliphatic rings. The molecule has 1 fully saturated rings. The molecule has 2 atom stereocenters. The minimum atomic E-state index is 0.413. The maximum absolute atomic E-state index is 6.22. The Labute approximate surface area is 103 Å². The molecule has 0 saturated heterocycles. The summed E-state index contributed by atoms with van der Waals surface area (Å²) in [6.45, 7) is 0. The summed E-state index contributed by atoms with van der Waals surface area (Å²) in [5.74, 6) is 1.11. The number of rotatable bonds is 3. The lowest BCUT2D eigenvalue weighted by molar-refractivity contribution is 0.596. The summed E-state index contributed by atoms with van der Waals surface area (Å²) in [6.07, 6.45) is 6.57. The van der Waals surface area contributed by atoms with Crippen molar-refractivity contribution >= 4 is 11.8 Å². The molecule has 0 spiro atoms. The van der Waals surface area contributed by atoms with E-state index in [0.717, 1.165) is 5.75 Å². The highest BCUT2D eigenvalue weighted by molar-refractivity contribution is 7.99. The van der Waals surface area contributed by atoms with Gasteiger partial charge in [0, 0.05) is 17.0 Å². The van der Waals surface area contributed by atoms with Crippen LogP contribution in [0.4, 0.5) is 0 Å². The summed E-state index contributed by atoms with van der Waals surface area (Å²) in [4.78, 5) is 0. The Morgan fingerprint density at radius 3 is 2.62 bits per heavy atom. The van der Waals surface area contributed by atoms with E-state index in [9.17, 15) is 0 Å². The smallest absolute Gasteiger partial charge is 0.0202 e. The molecule has 1 aromatic rings. The number of thioether (sulfide) groups is 1. The Bertz CT molecular complexity index is 299. The van der Waals surface area contributed by atoms with Gasteiger partial charge in [-0.05, 0) is 18.4 Å². The molecule has 0 heterocycles. The van der Waals surface area contributed by atoms with Crippen LogP contribution in [-0.4, -0.2) is 11.3 Å². The van der Waals surface area contributed by atoms with Crippen molar-refractivity contribution in [1.82, 2.24) is 0 Å². The molecule has 0 bridgehead atoms. The van der Waals surface area contributed by atoms with Crippen molar-refractivity contribution in [3.63, 3.8) is 0 Å². The fraction of sp³-hybridized carbons (Fsp3) is 0.571. The van der Waals surface area contributed by atoms with Gasteiger partial charge in [-0.15, -0.1) is 0 Å². The van der Waals surface area contributed by atoms with Gasteiger partial charge in [-0.25, -0.2) is 0 Å². The maximum Gasteiger partial charge on any atom is 0.0202 e. The zero-order valence-electron chi connectivity index (χ0n) is 9.77. The van der Waals surface area contributed by atoms with Crippen LogP contribution in [0, 0.1) is 0 Å². The molecule has 0 aromatic heterocycles. The number of benzene rings is 1. The van der Waals surface area contributed by atoms with Crippen molar-refractivity contribution in [2.24, 2.45) is 5.73 Å². The quantitative estimate of drug-likeness (QED) is 0.810. The van der Waals surface area contributed by atoms with Crippen molar-refractivity contribution in [2.75, 3.05) is 0 Å². The first kappa shape index (κ1) is 12.0. The van der Waals surface area contributed by atoms with Crippen LogP contribution in [0.25, 0.3) is 0 Å². The molecular weight excluding hydrogens is 214 g/mol. The molecule has 2 heteroatoms. The molecule has 2 unspecified atom stereocenters. The number of hydrogen-bond donors (Lipinski definition) is 1. The van der Waals surface area contributed by atoms with Crippen molar-refractivity contribution in [3.8, 4) is 0 Å². The molecule has 1 nitrogen and oxygen atoms in total. The van der Waals surface area contributed by atoms with Crippen LogP contribution >= 0.6 is 11.8 Å².